The van der Waals surface area contributed by atoms with Gasteiger partial charge in [-0.3, -0.25) is 9.69 Å². The number of allylic oxidation sites excluding steroid dienone is 3. The van der Waals surface area contributed by atoms with Gasteiger partial charge in [0, 0.05) is 17.7 Å². The predicted molar refractivity (Wildman–Crippen MR) is 110 cm³/mol. The maximum absolute atomic E-state index is 14.7. The molecule has 2 aromatic rings. The lowest BCUT2D eigenvalue weighted by Crippen LogP contribution is -2.39. The van der Waals surface area contributed by atoms with E-state index in [4.69, 9.17) is 5.73 Å². The van der Waals surface area contributed by atoms with Crippen LogP contribution in [0.3, 0.4) is 0 Å². The van der Waals surface area contributed by atoms with Crippen molar-refractivity contribution in [3.8, 4) is 6.07 Å². The number of Topliss-reactive ketones (excluding diaryl/α,β-unsaturated/α-hetero) is 1. The third-order valence-corrected chi connectivity index (χ3v) is 5.74. The summed E-state index contributed by atoms with van der Waals surface area (Å²) in [7, 11) is 0. The number of nitrogens with zero attached hydrogens (tertiary/aromatic N) is 2. The zero-order valence-corrected chi connectivity index (χ0v) is 16.5. The van der Waals surface area contributed by atoms with Crippen LogP contribution in [0.25, 0.3) is 0 Å². The highest BCUT2D eigenvalue weighted by atomic mass is 19.1. The Kier molecular flexibility index (Phi) is 4.71. The van der Waals surface area contributed by atoms with Crippen molar-refractivity contribution in [2.45, 2.75) is 39.0 Å². The molecule has 0 saturated carbocycles. The molecule has 0 spiro atoms. The highest BCUT2D eigenvalue weighted by Gasteiger charge is 2.41. The highest BCUT2D eigenvalue weighted by Crippen LogP contribution is 2.47. The smallest absolute Gasteiger partial charge is 0.161 e. The van der Waals surface area contributed by atoms with Gasteiger partial charge in [0.2, 0.25) is 0 Å². The molecule has 4 nitrogen and oxygen atoms in total. The van der Waals surface area contributed by atoms with Gasteiger partial charge in [-0.2, -0.15) is 5.26 Å². The zero-order chi connectivity index (χ0) is 20.7. The van der Waals surface area contributed by atoms with Crippen molar-refractivity contribution >= 4 is 11.5 Å². The largest absolute Gasteiger partial charge is 0.384 e. The van der Waals surface area contributed by atoms with E-state index in [1.807, 2.05) is 32.0 Å². The second-order valence-electron chi connectivity index (χ2n) is 7.63. The number of hydrogen-bond acceptors (Lipinski definition) is 4. The Balaban J connectivity index is 2.01. The molecule has 5 heteroatoms. The van der Waals surface area contributed by atoms with Crippen molar-refractivity contribution in [2.24, 2.45) is 5.73 Å². The number of hydrogen-bond donors (Lipinski definition) is 1. The van der Waals surface area contributed by atoms with Gasteiger partial charge in [-0.15, -0.1) is 0 Å². The molecule has 146 valence electrons. The van der Waals surface area contributed by atoms with Gasteiger partial charge < -0.3 is 5.73 Å². The van der Waals surface area contributed by atoms with Gasteiger partial charge in [0.15, 0.2) is 5.78 Å². The Morgan fingerprint density at radius 3 is 2.62 bits per heavy atom. The predicted octanol–water partition coefficient (Wildman–Crippen LogP) is 4.75. The van der Waals surface area contributed by atoms with Gasteiger partial charge in [-0.25, -0.2) is 4.39 Å². The Morgan fingerprint density at radius 2 is 1.93 bits per heavy atom. The fourth-order valence-electron chi connectivity index (χ4n) is 4.46. The summed E-state index contributed by atoms with van der Waals surface area (Å²) in [6, 6.07) is 14.5. The quantitative estimate of drug-likeness (QED) is 0.807. The van der Waals surface area contributed by atoms with Gasteiger partial charge in [0.25, 0.3) is 0 Å². The minimum Gasteiger partial charge on any atom is -0.384 e. The average molecular weight is 387 g/mol. The van der Waals surface area contributed by atoms with Gasteiger partial charge in [-0.05, 0) is 49.9 Å². The van der Waals surface area contributed by atoms with Gasteiger partial charge in [-0.1, -0.05) is 35.9 Å². The Bertz CT molecular complexity index is 1120. The number of nitriles is 1. The van der Waals surface area contributed by atoms with Crippen molar-refractivity contribution < 1.29 is 9.18 Å². The van der Waals surface area contributed by atoms with Crippen LogP contribution >= 0.6 is 0 Å². The van der Waals surface area contributed by atoms with Crippen molar-refractivity contribution in [2.75, 3.05) is 4.90 Å². The van der Waals surface area contributed by atoms with Crippen LogP contribution in [0, 0.1) is 31.0 Å². The molecular weight excluding hydrogens is 365 g/mol. The number of halogens is 1. The second-order valence-corrected chi connectivity index (χ2v) is 7.63. The molecule has 2 N–H and O–H groups in total. The first-order chi connectivity index (χ1) is 13.9. The van der Waals surface area contributed by atoms with E-state index in [9.17, 15) is 14.4 Å². The monoisotopic (exact) mass is 387 g/mol. The summed E-state index contributed by atoms with van der Waals surface area (Å²) in [5.41, 5.74) is 11.3. The lowest BCUT2D eigenvalue weighted by molar-refractivity contribution is -0.116. The number of rotatable bonds is 2. The number of anilines is 1. The number of ketones is 1. The number of nitrogens with two attached hydrogens (primary N) is 1. The topological polar surface area (TPSA) is 70.1 Å². The molecule has 1 aliphatic carbocycles. The Hall–Kier alpha value is -3.39. The zero-order valence-electron chi connectivity index (χ0n) is 16.5. The minimum atomic E-state index is -0.522. The van der Waals surface area contributed by atoms with E-state index in [2.05, 4.69) is 6.07 Å². The molecule has 0 amide bonds. The van der Waals surface area contributed by atoms with E-state index in [1.54, 1.807) is 23.1 Å². The van der Waals surface area contributed by atoms with Crippen LogP contribution < -0.4 is 10.6 Å². The summed E-state index contributed by atoms with van der Waals surface area (Å²) < 4.78 is 14.7. The maximum Gasteiger partial charge on any atom is 0.161 e. The lowest BCUT2D eigenvalue weighted by Gasteiger charge is -2.40. The number of carbonyl (C=O) groups is 1. The van der Waals surface area contributed by atoms with Gasteiger partial charge in [0.05, 0.1) is 23.2 Å². The minimum absolute atomic E-state index is 0.00202. The molecule has 0 bridgehead atoms. The normalized spacial score (nSPS) is 19.3. The summed E-state index contributed by atoms with van der Waals surface area (Å²) >= 11 is 0. The molecule has 1 unspecified atom stereocenters. The van der Waals surface area contributed by atoms with Crippen molar-refractivity contribution in [1.82, 2.24) is 0 Å². The van der Waals surface area contributed by atoms with Crippen molar-refractivity contribution in [3.63, 3.8) is 0 Å². The standard InChI is InChI=1S/C24H22FN3O/c1-14-10-11-16(15(2)12-14)22-17(13-26)24(27)28(19-7-4-3-6-18(19)25)20-8-5-9-21(29)23(20)22/h3-4,6-7,10-12,22H,5,8-9,27H2,1-2H3. The van der Waals surface area contributed by atoms with E-state index in [0.29, 0.717) is 30.5 Å². The molecule has 2 aromatic carbocycles. The third-order valence-electron chi connectivity index (χ3n) is 5.74. The summed E-state index contributed by atoms with van der Waals surface area (Å²) in [5.74, 6) is -0.775. The van der Waals surface area contributed by atoms with Crippen LogP contribution in [0.1, 0.15) is 41.9 Å². The van der Waals surface area contributed by atoms with Crippen molar-refractivity contribution in [1.29, 1.82) is 5.26 Å². The van der Waals surface area contributed by atoms with E-state index in [1.165, 1.54) is 6.07 Å². The fraction of sp³-hybridized carbons (Fsp3) is 0.250. The van der Waals surface area contributed by atoms with E-state index >= 15 is 0 Å². The maximum atomic E-state index is 14.7. The molecular formula is C24H22FN3O. The van der Waals surface area contributed by atoms with Crippen LogP contribution in [-0.2, 0) is 4.79 Å². The SMILES string of the molecule is Cc1ccc(C2C(C#N)=C(N)N(c3ccccc3F)C3=C2C(=O)CCC3)c(C)c1. The van der Waals surface area contributed by atoms with Crippen LogP contribution in [-0.4, -0.2) is 5.78 Å². The summed E-state index contributed by atoms with van der Waals surface area (Å²) in [4.78, 5) is 14.6. The second kappa shape index (κ2) is 7.21. The first-order valence-corrected chi connectivity index (χ1v) is 9.71. The van der Waals surface area contributed by atoms with Crippen molar-refractivity contribution in [3.05, 3.63) is 87.6 Å². The number of carbonyl (C=O) groups excluding carboxylic acids is 1. The Morgan fingerprint density at radius 1 is 1.17 bits per heavy atom. The fourth-order valence-corrected chi connectivity index (χ4v) is 4.46. The first-order valence-electron chi connectivity index (χ1n) is 9.71. The lowest BCUT2D eigenvalue weighted by atomic mass is 9.74. The van der Waals surface area contributed by atoms with E-state index in [-0.39, 0.29) is 22.9 Å². The van der Waals surface area contributed by atoms with Gasteiger partial charge in [0.1, 0.15) is 11.6 Å². The van der Waals surface area contributed by atoms with E-state index in [0.717, 1.165) is 16.7 Å². The molecule has 4 rings (SSSR count). The molecule has 0 radical (unpaired) electrons. The van der Waals surface area contributed by atoms with Crippen LogP contribution in [0.4, 0.5) is 10.1 Å². The first kappa shape index (κ1) is 18.9. The molecule has 2 aliphatic rings. The molecule has 0 fully saturated rings. The Labute approximate surface area is 169 Å². The highest BCUT2D eigenvalue weighted by molar-refractivity contribution is 6.01. The molecule has 1 heterocycles. The van der Waals surface area contributed by atoms with Crippen LogP contribution in [0.15, 0.2) is 65.1 Å². The van der Waals surface area contributed by atoms with Crippen LogP contribution in [0.5, 0.6) is 0 Å². The number of aryl methyl sites for hydroxylation is 2. The third kappa shape index (κ3) is 3.01. The van der Waals surface area contributed by atoms with E-state index < -0.39 is 11.7 Å². The molecule has 0 saturated heterocycles. The molecule has 0 aromatic heterocycles. The summed E-state index contributed by atoms with van der Waals surface area (Å²) in [6.07, 6.45) is 1.71. The molecule has 1 atom stereocenters. The number of para-hydroxylation sites is 1. The average Bonchev–Trinajstić information content (AvgIpc) is 2.69. The van der Waals surface area contributed by atoms with Crippen LogP contribution in [0.2, 0.25) is 0 Å². The van der Waals surface area contributed by atoms with Gasteiger partial charge >= 0.3 is 0 Å². The molecule has 29 heavy (non-hydrogen) atoms. The summed E-state index contributed by atoms with van der Waals surface area (Å²) in [6.45, 7) is 3.98. The number of benzene rings is 2. The molecule has 1 aliphatic heterocycles. The summed E-state index contributed by atoms with van der Waals surface area (Å²) in [5, 5.41) is 10.0.